The van der Waals surface area contributed by atoms with Gasteiger partial charge in [0.15, 0.2) is 17.8 Å². The Kier molecular flexibility index (Phi) is 13.6. The molecule has 11 nitrogen and oxygen atoms in total. The van der Waals surface area contributed by atoms with Crippen LogP contribution in [0.4, 0.5) is 4.79 Å². The number of benzene rings is 5. The Labute approximate surface area is 346 Å². The maximum absolute atomic E-state index is 13.1. The fourth-order valence-electron chi connectivity index (χ4n) is 8.03. The molecule has 5 atom stereocenters. The van der Waals surface area contributed by atoms with Gasteiger partial charge < -0.3 is 39.4 Å². The van der Waals surface area contributed by atoms with Crippen LogP contribution in [0.15, 0.2) is 115 Å². The molecule has 2 aliphatic heterocycles. The van der Waals surface area contributed by atoms with Gasteiger partial charge in [-0.3, -0.25) is 4.90 Å². The molecule has 2 amide bonds. The molecule has 0 aliphatic carbocycles. The van der Waals surface area contributed by atoms with Crippen molar-refractivity contribution in [1.82, 2.24) is 15.5 Å². The predicted octanol–water partition coefficient (Wildman–Crippen LogP) is 7.30. The summed E-state index contributed by atoms with van der Waals surface area (Å²) in [5.74, 6) is 1.00. The molecule has 0 aromatic heterocycles. The third-order valence-corrected chi connectivity index (χ3v) is 11.4. The number of methoxy groups -OCH3 is 3. The number of rotatable bonds is 14. The first-order valence-electron chi connectivity index (χ1n) is 20.1. The lowest BCUT2D eigenvalue weighted by Gasteiger charge is -2.43. The molecule has 0 spiro atoms. The van der Waals surface area contributed by atoms with Crippen molar-refractivity contribution in [1.29, 1.82) is 0 Å². The number of amides is 2. The van der Waals surface area contributed by atoms with Gasteiger partial charge in [0.05, 0.1) is 40.1 Å². The van der Waals surface area contributed by atoms with Gasteiger partial charge in [0.1, 0.15) is 6.04 Å². The van der Waals surface area contributed by atoms with Crippen LogP contribution in [-0.4, -0.2) is 68.6 Å². The van der Waals surface area contributed by atoms with Crippen molar-refractivity contribution in [3.8, 4) is 22.6 Å². The maximum Gasteiger partial charge on any atom is 0.328 e. The largest absolute Gasteiger partial charge is 0.493 e. The fourth-order valence-corrected chi connectivity index (χ4v) is 8.03. The van der Waals surface area contributed by atoms with Gasteiger partial charge in [-0.1, -0.05) is 110 Å². The summed E-state index contributed by atoms with van der Waals surface area (Å²) in [7, 11) is 4.64. The molecule has 3 N–H and O–H groups in total. The molecule has 7 rings (SSSR count). The highest BCUT2D eigenvalue weighted by atomic mass is 16.7. The first-order valence-corrected chi connectivity index (χ1v) is 20.1. The number of carbonyl (C=O) groups is 2. The SMILES string of the molecule is COC(=O)C(Cc1ccccc1)NC(=O)NCc1ccccc1-c1ccc(C2OC(CN3CCc4cc(OC)c(OC)cc4C3)C(C)C(c3ccc(CO)cc3)O2)cc1. The second kappa shape index (κ2) is 19.4. The molecule has 0 saturated carbocycles. The summed E-state index contributed by atoms with van der Waals surface area (Å²) in [6, 6.07) is 36.4. The molecule has 5 aromatic rings. The minimum Gasteiger partial charge on any atom is -0.493 e. The second-order valence-electron chi connectivity index (χ2n) is 15.2. The zero-order valence-corrected chi connectivity index (χ0v) is 34.1. The number of nitrogens with zero attached hydrogens (tertiary/aromatic N) is 1. The average molecular weight is 800 g/mol. The number of hydrogen-bond acceptors (Lipinski definition) is 9. The van der Waals surface area contributed by atoms with Gasteiger partial charge >= 0.3 is 12.0 Å². The van der Waals surface area contributed by atoms with E-state index in [9.17, 15) is 14.7 Å². The lowest BCUT2D eigenvalue weighted by atomic mass is 9.89. The van der Waals surface area contributed by atoms with Crippen molar-refractivity contribution in [2.75, 3.05) is 34.4 Å². The van der Waals surface area contributed by atoms with Gasteiger partial charge in [-0.15, -0.1) is 0 Å². The van der Waals surface area contributed by atoms with Crippen LogP contribution in [0.2, 0.25) is 0 Å². The summed E-state index contributed by atoms with van der Waals surface area (Å²) in [6.07, 6.45) is 0.217. The Balaban J connectivity index is 1.06. The summed E-state index contributed by atoms with van der Waals surface area (Å²) >= 11 is 0. The molecule has 1 fully saturated rings. The Morgan fingerprint density at radius 3 is 2.19 bits per heavy atom. The summed E-state index contributed by atoms with van der Waals surface area (Å²) in [4.78, 5) is 28.0. The van der Waals surface area contributed by atoms with E-state index >= 15 is 0 Å². The normalized spacial score (nSPS) is 19.5. The van der Waals surface area contributed by atoms with Gasteiger partial charge in [0, 0.05) is 44.1 Å². The number of urea groups is 1. The van der Waals surface area contributed by atoms with E-state index in [1.165, 1.54) is 18.2 Å². The maximum atomic E-state index is 13.1. The lowest BCUT2D eigenvalue weighted by Crippen LogP contribution is -2.47. The van der Waals surface area contributed by atoms with E-state index < -0.39 is 24.3 Å². The number of hydrogen-bond donors (Lipinski definition) is 3. The van der Waals surface area contributed by atoms with Crippen molar-refractivity contribution in [3.63, 3.8) is 0 Å². The van der Waals surface area contributed by atoms with Gasteiger partial charge in [0.25, 0.3) is 0 Å². The van der Waals surface area contributed by atoms with Gasteiger partial charge in [0.2, 0.25) is 0 Å². The average Bonchev–Trinajstić information content (AvgIpc) is 3.28. The molecule has 11 heteroatoms. The van der Waals surface area contributed by atoms with Gasteiger partial charge in [-0.05, 0) is 63.1 Å². The van der Waals surface area contributed by atoms with Crippen molar-refractivity contribution in [2.24, 2.45) is 5.92 Å². The van der Waals surface area contributed by atoms with Gasteiger partial charge in [-0.2, -0.15) is 0 Å². The fraction of sp³-hybridized carbons (Fsp3) is 0.333. The van der Waals surface area contributed by atoms with Crippen LogP contribution in [0.3, 0.4) is 0 Å². The van der Waals surface area contributed by atoms with E-state index in [1.807, 2.05) is 91.0 Å². The highest BCUT2D eigenvalue weighted by Gasteiger charge is 2.39. The third kappa shape index (κ3) is 9.95. The van der Waals surface area contributed by atoms with Crippen LogP contribution in [-0.2, 0) is 51.5 Å². The number of esters is 1. The Bertz CT molecular complexity index is 2180. The molecule has 5 unspecified atom stereocenters. The molecule has 0 radical (unpaired) electrons. The van der Waals surface area contributed by atoms with E-state index in [4.69, 9.17) is 23.7 Å². The second-order valence-corrected chi connectivity index (χ2v) is 15.2. The number of ether oxygens (including phenoxy) is 5. The molecule has 59 heavy (non-hydrogen) atoms. The first kappa shape index (κ1) is 41.4. The first-order chi connectivity index (χ1) is 28.8. The van der Waals surface area contributed by atoms with E-state index in [-0.39, 0.29) is 31.3 Å². The molecule has 0 bridgehead atoms. The Morgan fingerprint density at radius 1 is 0.814 bits per heavy atom. The molecule has 2 aliphatic rings. The summed E-state index contributed by atoms with van der Waals surface area (Å²) in [6.45, 7) is 4.79. The molecule has 2 heterocycles. The number of aliphatic hydroxyl groups is 1. The van der Waals surface area contributed by atoms with Gasteiger partial charge in [-0.25, -0.2) is 9.59 Å². The van der Waals surface area contributed by atoms with Crippen LogP contribution in [0, 0.1) is 5.92 Å². The van der Waals surface area contributed by atoms with E-state index in [2.05, 4.69) is 46.7 Å². The number of aliphatic hydroxyl groups excluding tert-OH is 1. The van der Waals surface area contributed by atoms with Crippen LogP contribution in [0.5, 0.6) is 11.5 Å². The molecule has 1 saturated heterocycles. The van der Waals surface area contributed by atoms with Crippen molar-refractivity contribution < 1.29 is 38.4 Å². The van der Waals surface area contributed by atoms with Crippen LogP contribution in [0.25, 0.3) is 11.1 Å². The zero-order chi connectivity index (χ0) is 41.3. The number of fused-ring (bicyclic) bond motifs is 1. The lowest BCUT2D eigenvalue weighted by molar-refractivity contribution is -0.276. The van der Waals surface area contributed by atoms with Crippen LogP contribution in [0.1, 0.15) is 58.3 Å². The van der Waals surface area contributed by atoms with E-state index in [0.29, 0.717) is 6.42 Å². The minimum atomic E-state index is -0.832. The molecular formula is C48H53N3O8. The predicted molar refractivity (Wildman–Crippen MR) is 225 cm³/mol. The summed E-state index contributed by atoms with van der Waals surface area (Å²) < 4.78 is 29.8. The minimum absolute atomic E-state index is 0.0217. The smallest absolute Gasteiger partial charge is 0.328 e. The highest BCUT2D eigenvalue weighted by Crippen LogP contribution is 2.43. The number of carbonyl (C=O) groups excluding carboxylic acids is 2. The monoisotopic (exact) mass is 799 g/mol. The van der Waals surface area contributed by atoms with E-state index in [0.717, 1.165) is 76.5 Å². The van der Waals surface area contributed by atoms with Crippen LogP contribution < -0.4 is 20.1 Å². The zero-order valence-electron chi connectivity index (χ0n) is 34.1. The van der Waals surface area contributed by atoms with Crippen molar-refractivity contribution in [2.45, 2.75) is 64.0 Å². The van der Waals surface area contributed by atoms with Crippen LogP contribution >= 0.6 is 0 Å². The molecule has 308 valence electrons. The van der Waals surface area contributed by atoms with Crippen molar-refractivity contribution >= 4 is 12.0 Å². The Hall–Kier alpha value is -5.72. The summed E-state index contributed by atoms with van der Waals surface area (Å²) in [5, 5.41) is 15.4. The van der Waals surface area contributed by atoms with E-state index in [1.54, 1.807) is 14.2 Å². The Morgan fingerprint density at radius 2 is 1.49 bits per heavy atom. The highest BCUT2D eigenvalue weighted by molar-refractivity contribution is 5.84. The topological polar surface area (TPSA) is 128 Å². The quantitative estimate of drug-likeness (QED) is 0.0993. The van der Waals surface area contributed by atoms with Crippen molar-refractivity contribution in [3.05, 3.63) is 154 Å². The number of nitrogens with one attached hydrogen (secondary N) is 2. The molecular weight excluding hydrogens is 747 g/mol. The third-order valence-electron chi connectivity index (χ3n) is 11.4. The summed E-state index contributed by atoms with van der Waals surface area (Å²) in [5.41, 5.74) is 9.03. The standard InChI is InChI=1S/C48H53N3O8/c1-31-44(29-51-23-22-37-25-42(55-2)43(56-3)26-39(37)28-51)58-47(59-45(31)35-16-14-33(30-52)15-17-35)36-20-18-34(19-21-36)40-13-9-8-12-38(40)27-49-48(54)50-41(46(53)57-4)24-32-10-6-5-7-11-32/h5-21,25-26,31,41,44-45,47,52H,22-24,27-30H2,1-4H3,(H2,49,50,54). The molecule has 5 aromatic carbocycles.